The highest BCUT2D eigenvalue weighted by atomic mass is 15.2. The molecule has 0 radical (unpaired) electrons. The van der Waals surface area contributed by atoms with E-state index in [0.717, 1.165) is 6.54 Å². The largest absolute Gasteiger partial charge is 0.312 e. The Kier molecular flexibility index (Phi) is 6.71. The summed E-state index contributed by atoms with van der Waals surface area (Å²) in [4.78, 5) is 2.34. The van der Waals surface area contributed by atoms with Crippen LogP contribution in [0.1, 0.15) is 60.8 Å². The molecule has 0 heterocycles. The number of rotatable bonds is 7. The lowest BCUT2D eigenvalue weighted by molar-refractivity contribution is 0.123. The Bertz CT molecular complexity index is 201. The fourth-order valence-electron chi connectivity index (χ4n) is 1.91. The average molecular weight is 242 g/mol. The van der Waals surface area contributed by atoms with E-state index in [2.05, 4.69) is 65.9 Å². The summed E-state index contributed by atoms with van der Waals surface area (Å²) in [6.45, 7) is 15.0. The van der Waals surface area contributed by atoms with Crippen LogP contribution in [0.25, 0.3) is 0 Å². The van der Waals surface area contributed by atoms with Crippen molar-refractivity contribution in [2.75, 3.05) is 20.6 Å². The Hall–Kier alpha value is -0.0800. The monoisotopic (exact) mass is 242 g/mol. The molecule has 0 bridgehead atoms. The normalized spacial score (nSPS) is 15.4. The molecule has 0 saturated heterocycles. The highest BCUT2D eigenvalue weighted by molar-refractivity contribution is 4.91. The van der Waals surface area contributed by atoms with Gasteiger partial charge < -0.3 is 10.2 Å². The van der Waals surface area contributed by atoms with Crippen molar-refractivity contribution in [1.29, 1.82) is 0 Å². The van der Waals surface area contributed by atoms with E-state index in [9.17, 15) is 0 Å². The van der Waals surface area contributed by atoms with Crippen molar-refractivity contribution in [3.8, 4) is 0 Å². The van der Waals surface area contributed by atoms with Gasteiger partial charge in [0.05, 0.1) is 0 Å². The van der Waals surface area contributed by atoms with E-state index >= 15 is 0 Å². The maximum absolute atomic E-state index is 3.72. The SMILES string of the molecule is CCCNC(CCC(C)(C)C)C(C)(C)N(C)C. The van der Waals surface area contributed by atoms with Crippen molar-refractivity contribution in [2.45, 2.75) is 72.4 Å². The van der Waals surface area contributed by atoms with Gasteiger partial charge in [-0.3, -0.25) is 0 Å². The van der Waals surface area contributed by atoms with Gasteiger partial charge in [0.25, 0.3) is 0 Å². The topological polar surface area (TPSA) is 15.3 Å². The molecular weight excluding hydrogens is 208 g/mol. The standard InChI is InChI=1S/C15H34N2/c1-9-12-16-13(10-11-14(2,3)4)15(5,6)17(7)8/h13,16H,9-12H2,1-8H3. The van der Waals surface area contributed by atoms with Crippen LogP contribution in [0.4, 0.5) is 0 Å². The second-order valence-corrected chi connectivity index (χ2v) is 7.15. The van der Waals surface area contributed by atoms with Gasteiger partial charge in [-0.25, -0.2) is 0 Å². The van der Waals surface area contributed by atoms with E-state index in [1.807, 2.05) is 0 Å². The predicted octanol–water partition coefficient (Wildman–Crippen LogP) is 3.52. The number of likely N-dealkylation sites (N-methyl/N-ethyl adjacent to an activating group) is 1. The van der Waals surface area contributed by atoms with Crippen molar-refractivity contribution < 1.29 is 0 Å². The summed E-state index contributed by atoms with van der Waals surface area (Å²) in [6, 6.07) is 0.566. The maximum Gasteiger partial charge on any atom is 0.0300 e. The van der Waals surface area contributed by atoms with Crippen molar-refractivity contribution in [2.24, 2.45) is 5.41 Å². The van der Waals surface area contributed by atoms with Crippen LogP contribution in [0.15, 0.2) is 0 Å². The molecule has 0 aromatic rings. The molecule has 104 valence electrons. The molecule has 1 unspecified atom stereocenters. The number of nitrogens with zero attached hydrogens (tertiary/aromatic N) is 1. The van der Waals surface area contributed by atoms with Crippen LogP contribution in [0.5, 0.6) is 0 Å². The molecule has 2 heteroatoms. The first-order valence-corrected chi connectivity index (χ1v) is 7.02. The van der Waals surface area contributed by atoms with Crippen LogP contribution in [0, 0.1) is 5.41 Å². The van der Waals surface area contributed by atoms with Crippen molar-refractivity contribution in [3.05, 3.63) is 0 Å². The van der Waals surface area contributed by atoms with Crippen molar-refractivity contribution >= 4 is 0 Å². The van der Waals surface area contributed by atoms with Crippen LogP contribution >= 0.6 is 0 Å². The zero-order valence-electron chi connectivity index (χ0n) is 13.4. The maximum atomic E-state index is 3.72. The third kappa shape index (κ3) is 6.42. The van der Waals surface area contributed by atoms with E-state index < -0.39 is 0 Å². The molecule has 0 spiro atoms. The Balaban J connectivity index is 4.53. The summed E-state index contributed by atoms with van der Waals surface area (Å²) in [5.74, 6) is 0. The van der Waals surface area contributed by atoms with E-state index in [1.54, 1.807) is 0 Å². The molecule has 0 rings (SSSR count). The molecule has 1 N–H and O–H groups in total. The highest BCUT2D eigenvalue weighted by Gasteiger charge is 2.31. The smallest absolute Gasteiger partial charge is 0.0300 e. The van der Waals surface area contributed by atoms with Gasteiger partial charge in [0.1, 0.15) is 0 Å². The summed E-state index contributed by atoms with van der Waals surface area (Å²) in [7, 11) is 4.36. The van der Waals surface area contributed by atoms with Gasteiger partial charge in [0, 0.05) is 11.6 Å². The Labute approximate surface area is 109 Å². The van der Waals surface area contributed by atoms with Gasteiger partial charge in [-0.2, -0.15) is 0 Å². The van der Waals surface area contributed by atoms with Crippen LogP contribution in [-0.2, 0) is 0 Å². The fraction of sp³-hybridized carbons (Fsp3) is 1.00. The first-order valence-electron chi connectivity index (χ1n) is 7.02. The molecule has 0 fully saturated rings. The summed E-state index contributed by atoms with van der Waals surface area (Å²) >= 11 is 0. The summed E-state index contributed by atoms with van der Waals surface area (Å²) in [5.41, 5.74) is 0.634. The second kappa shape index (κ2) is 6.75. The van der Waals surface area contributed by atoms with E-state index in [4.69, 9.17) is 0 Å². The zero-order valence-corrected chi connectivity index (χ0v) is 13.4. The third-order valence-corrected chi connectivity index (χ3v) is 3.83. The van der Waals surface area contributed by atoms with Crippen molar-refractivity contribution in [3.63, 3.8) is 0 Å². The third-order valence-electron chi connectivity index (χ3n) is 3.83. The molecule has 0 aliphatic heterocycles. The molecule has 1 atom stereocenters. The fourth-order valence-corrected chi connectivity index (χ4v) is 1.91. The number of hydrogen-bond acceptors (Lipinski definition) is 2. The first kappa shape index (κ1) is 16.9. The minimum atomic E-state index is 0.209. The molecule has 2 nitrogen and oxygen atoms in total. The molecule has 0 aliphatic carbocycles. The van der Waals surface area contributed by atoms with Crippen LogP contribution < -0.4 is 5.32 Å². The lowest BCUT2D eigenvalue weighted by atomic mass is 9.83. The average Bonchev–Trinajstić information content (AvgIpc) is 2.15. The summed E-state index contributed by atoms with van der Waals surface area (Å²) < 4.78 is 0. The quantitative estimate of drug-likeness (QED) is 0.735. The lowest BCUT2D eigenvalue weighted by Gasteiger charge is -2.41. The summed E-state index contributed by atoms with van der Waals surface area (Å²) in [5, 5.41) is 3.72. The number of hydrogen-bond donors (Lipinski definition) is 1. The minimum absolute atomic E-state index is 0.209. The molecule has 0 amide bonds. The molecule has 0 aromatic carbocycles. The lowest BCUT2D eigenvalue weighted by Crippen LogP contribution is -2.55. The highest BCUT2D eigenvalue weighted by Crippen LogP contribution is 2.26. The van der Waals surface area contributed by atoms with E-state index in [0.29, 0.717) is 11.5 Å². The summed E-state index contributed by atoms with van der Waals surface area (Å²) in [6.07, 6.45) is 3.72. The minimum Gasteiger partial charge on any atom is -0.312 e. The number of nitrogens with one attached hydrogen (secondary N) is 1. The van der Waals surface area contributed by atoms with Crippen molar-refractivity contribution in [1.82, 2.24) is 10.2 Å². The molecule has 0 aliphatic rings. The van der Waals surface area contributed by atoms with Gasteiger partial charge in [-0.1, -0.05) is 27.7 Å². The van der Waals surface area contributed by atoms with E-state index in [-0.39, 0.29) is 5.54 Å². The Morgan fingerprint density at radius 2 is 1.59 bits per heavy atom. The van der Waals surface area contributed by atoms with Gasteiger partial charge in [0.15, 0.2) is 0 Å². The molecular formula is C15H34N2. The van der Waals surface area contributed by atoms with Gasteiger partial charge in [0.2, 0.25) is 0 Å². The zero-order chi connectivity index (χ0) is 13.7. The Morgan fingerprint density at radius 3 is 1.94 bits per heavy atom. The predicted molar refractivity (Wildman–Crippen MR) is 78.5 cm³/mol. The van der Waals surface area contributed by atoms with E-state index in [1.165, 1.54) is 19.3 Å². The second-order valence-electron chi connectivity index (χ2n) is 7.15. The van der Waals surface area contributed by atoms with Crippen LogP contribution in [-0.4, -0.2) is 37.1 Å². The molecule has 0 saturated carbocycles. The Morgan fingerprint density at radius 1 is 1.06 bits per heavy atom. The first-order chi connectivity index (χ1) is 7.61. The van der Waals surface area contributed by atoms with Gasteiger partial charge >= 0.3 is 0 Å². The molecule has 17 heavy (non-hydrogen) atoms. The van der Waals surface area contributed by atoms with Gasteiger partial charge in [-0.05, 0) is 59.2 Å². The van der Waals surface area contributed by atoms with Gasteiger partial charge in [-0.15, -0.1) is 0 Å². The van der Waals surface area contributed by atoms with Crippen LogP contribution in [0.2, 0.25) is 0 Å². The molecule has 0 aromatic heterocycles. The van der Waals surface area contributed by atoms with Crippen LogP contribution in [0.3, 0.4) is 0 Å².